The van der Waals surface area contributed by atoms with Crippen molar-refractivity contribution in [1.82, 2.24) is 9.97 Å². The number of benzene rings is 1. The minimum Gasteiger partial charge on any atom is -0.486 e. The molecule has 2 aromatic rings. The van der Waals surface area contributed by atoms with Gasteiger partial charge in [0, 0.05) is 12.5 Å². The Balaban J connectivity index is 1.98. The molecule has 4 nitrogen and oxygen atoms in total. The zero-order valence-corrected chi connectivity index (χ0v) is 12.5. The second-order valence-corrected chi connectivity index (χ2v) is 5.02. The van der Waals surface area contributed by atoms with Gasteiger partial charge in [-0.25, -0.2) is 9.97 Å². The fourth-order valence-electron chi connectivity index (χ4n) is 1.85. The molecule has 1 heterocycles. The molecule has 0 spiro atoms. The summed E-state index contributed by atoms with van der Waals surface area (Å²) in [6, 6.07) is 10.1. The molecule has 0 fully saturated rings. The molecule has 0 saturated heterocycles. The van der Waals surface area contributed by atoms with Crippen LogP contribution in [-0.2, 0) is 6.54 Å². The van der Waals surface area contributed by atoms with E-state index in [1.807, 2.05) is 42.5 Å². The van der Waals surface area contributed by atoms with Crippen LogP contribution in [-0.4, -0.2) is 16.6 Å². The minimum atomic E-state index is 0.280. The van der Waals surface area contributed by atoms with E-state index >= 15 is 0 Å². The van der Waals surface area contributed by atoms with Gasteiger partial charge in [0.15, 0.2) is 5.75 Å². The van der Waals surface area contributed by atoms with E-state index in [4.69, 9.17) is 10.5 Å². The summed E-state index contributed by atoms with van der Waals surface area (Å²) in [6.45, 7) is 4.92. The zero-order valence-electron chi connectivity index (χ0n) is 12.5. The molecule has 2 N–H and O–H groups in total. The first kappa shape index (κ1) is 15.2. The number of hydrogen-bond donors (Lipinski definition) is 1. The standard InChI is InChI=1S/C17H21N3O/c1-13(2)17-19-12-16(15(11-18)20-17)21-10-6-9-14-7-4-3-5-8-14/h3-9,12-13H,10-11,18H2,1-2H3. The summed E-state index contributed by atoms with van der Waals surface area (Å²) >= 11 is 0. The monoisotopic (exact) mass is 283 g/mol. The molecular formula is C17H21N3O. The van der Waals surface area contributed by atoms with Gasteiger partial charge in [0.2, 0.25) is 0 Å². The summed E-state index contributed by atoms with van der Waals surface area (Å²) in [5.41, 5.74) is 7.62. The van der Waals surface area contributed by atoms with Crippen molar-refractivity contribution in [3.05, 3.63) is 59.7 Å². The van der Waals surface area contributed by atoms with Crippen molar-refractivity contribution in [2.45, 2.75) is 26.3 Å². The maximum Gasteiger partial charge on any atom is 0.160 e. The molecule has 4 heteroatoms. The van der Waals surface area contributed by atoms with E-state index in [2.05, 4.69) is 23.8 Å². The summed E-state index contributed by atoms with van der Waals surface area (Å²) in [4.78, 5) is 8.75. The summed E-state index contributed by atoms with van der Waals surface area (Å²) in [7, 11) is 0. The molecule has 0 aliphatic carbocycles. The highest BCUT2D eigenvalue weighted by molar-refractivity contribution is 5.48. The number of aromatic nitrogens is 2. The van der Waals surface area contributed by atoms with Gasteiger partial charge in [-0.05, 0) is 11.6 Å². The first-order valence-corrected chi connectivity index (χ1v) is 7.11. The van der Waals surface area contributed by atoms with E-state index in [0.29, 0.717) is 18.9 Å². The smallest absolute Gasteiger partial charge is 0.160 e. The van der Waals surface area contributed by atoms with Gasteiger partial charge in [0.1, 0.15) is 12.4 Å². The van der Waals surface area contributed by atoms with E-state index in [1.54, 1.807) is 6.20 Å². The highest BCUT2D eigenvalue weighted by Gasteiger charge is 2.09. The molecule has 0 aliphatic rings. The predicted molar refractivity (Wildman–Crippen MR) is 85.0 cm³/mol. The first-order valence-electron chi connectivity index (χ1n) is 7.11. The number of rotatable bonds is 6. The van der Waals surface area contributed by atoms with E-state index in [0.717, 1.165) is 17.1 Å². The average Bonchev–Trinajstić information content (AvgIpc) is 2.52. The Hall–Kier alpha value is -2.20. The van der Waals surface area contributed by atoms with Crippen LogP contribution in [0, 0.1) is 0 Å². The minimum absolute atomic E-state index is 0.280. The van der Waals surface area contributed by atoms with Gasteiger partial charge in [-0.1, -0.05) is 50.3 Å². The molecule has 1 aromatic heterocycles. The molecule has 0 unspecified atom stereocenters. The third kappa shape index (κ3) is 4.39. The van der Waals surface area contributed by atoms with Crippen LogP contribution in [0.3, 0.4) is 0 Å². The van der Waals surface area contributed by atoms with Crippen LogP contribution in [0.1, 0.15) is 36.8 Å². The second-order valence-electron chi connectivity index (χ2n) is 5.02. The predicted octanol–water partition coefficient (Wildman–Crippen LogP) is 3.15. The first-order chi connectivity index (χ1) is 10.2. The van der Waals surface area contributed by atoms with Crippen molar-refractivity contribution in [2.24, 2.45) is 5.73 Å². The summed E-state index contributed by atoms with van der Waals surface area (Å²) < 4.78 is 5.69. The Morgan fingerprint density at radius 2 is 2.00 bits per heavy atom. The maximum absolute atomic E-state index is 5.73. The fraction of sp³-hybridized carbons (Fsp3) is 0.294. The Labute approximate surface area is 125 Å². The Kier molecular flexibility index (Phi) is 5.46. The summed E-state index contributed by atoms with van der Waals surface area (Å²) in [5, 5.41) is 0. The lowest BCUT2D eigenvalue weighted by molar-refractivity contribution is 0.354. The number of nitrogens with two attached hydrogens (primary N) is 1. The molecular weight excluding hydrogens is 262 g/mol. The molecule has 0 atom stereocenters. The van der Waals surface area contributed by atoms with Crippen LogP contribution in [0.25, 0.3) is 6.08 Å². The van der Waals surface area contributed by atoms with Gasteiger partial charge in [0.05, 0.1) is 11.9 Å². The molecule has 110 valence electrons. The van der Waals surface area contributed by atoms with Crippen molar-refractivity contribution >= 4 is 6.08 Å². The molecule has 0 amide bonds. The van der Waals surface area contributed by atoms with Crippen molar-refractivity contribution in [1.29, 1.82) is 0 Å². The van der Waals surface area contributed by atoms with Crippen LogP contribution < -0.4 is 10.5 Å². The molecule has 21 heavy (non-hydrogen) atoms. The highest BCUT2D eigenvalue weighted by atomic mass is 16.5. The average molecular weight is 283 g/mol. The van der Waals surface area contributed by atoms with Gasteiger partial charge in [-0.2, -0.15) is 0 Å². The third-order valence-electron chi connectivity index (χ3n) is 3.00. The molecule has 0 aliphatic heterocycles. The zero-order chi connectivity index (χ0) is 15.1. The van der Waals surface area contributed by atoms with E-state index in [-0.39, 0.29) is 5.92 Å². The van der Waals surface area contributed by atoms with E-state index < -0.39 is 0 Å². The molecule has 0 radical (unpaired) electrons. The number of nitrogens with zero attached hydrogens (tertiary/aromatic N) is 2. The van der Waals surface area contributed by atoms with Gasteiger partial charge < -0.3 is 10.5 Å². The van der Waals surface area contributed by atoms with Gasteiger partial charge in [-0.3, -0.25) is 0 Å². The second kappa shape index (κ2) is 7.55. The highest BCUT2D eigenvalue weighted by Crippen LogP contribution is 2.18. The van der Waals surface area contributed by atoms with Crippen molar-refractivity contribution in [2.75, 3.05) is 6.61 Å². The Morgan fingerprint density at radius 1 is 1.24 bits per heavy atom. The van der Waals surface area contributed by atoms with Crippen LogP contribution in [0.5, 0.6) is 5.75 Å². The molecule has 0 bridgehead atoms. The van der Waals surface area contributed by atoms with E-state index in [9.17, 15) is 0 Å². The fourth-order valence-corrected chi connectivity index (χ4v) is 1.85. The topological polar surface area (TPSA) is 61.0 Å². The molecule has 2 rings (SSSR count). The Bertz CT molecular complexity index is 594. The lowest BCUT2D eigenvalue weighted by atomic mass is 10.2. The van der Waals surface area contributed by atoms with Crippen molar-refractivity contribution < 1.29 is 4.74 Å². The molecule has 0 saturated carbocycles. The van der Waals surface area contributed by atoms with Crippen molar-refractivity contribution in [3.63, 3.8) is 0 Å². The number of ether oxygens (including phenoxy) is 1. The Morgan fingerprint density at radius 3 is 2.67 bits per heavy atom. The lowest BCUT2D eigenvalue weighted by Gasteiger charge is -2.10. The maximum atomic E-state index is 5.73. The van der Waals surface area contributed by atoms with Crippen LogP contribution >= 0.6 is 0 Å². The van der Waals surface area contributed by atoms with Gasteiger partial charge in [0.25, 0.3) is 0 Å². The van der Waals surface area contributed by atoms with Crippen LogP contribution in [0.15, 0.2) is 42.6 Å². The quantitative estimate of drug-likeness (QED) is 0.884. The van der Waals surface area contributed by atoms with Crippen molar-refractivity contribution in [3.8, 4) is 5.75 Å². The lowest BCUT2D eigenvalue weighted by Crippen LogP contribution is -2.09. The molecule has 1 aromatic carbocycles. The largest absolute Gasteiger partial charge is 0.486 e. The van der Waals surface area contributed by atoms with Gasteiger partial charge in [-0.15, -0.1) is 0 Å². The number of hydrogen-bond acceptors (Lipinski definition) is 4. The van der Waals surface area contributed by atoms with Crippen LogP contribution in [0.2, 0.25) is 0 Å². The van der Waals surface area contributed by atoms with E-state index in [1.165, 1.54) is 0 Å². The summed E-state index contributed by atoms with van der Waals surface area (Å²) in [5.74, 6) is 1.73. The van der Waals surface area contributed by atoms with Gasteiger partial charge >= 0.3 is 0 Å². The summed E-state index contributed by atoms with van der Waals surface area (Å²) in [6.07, 6.45) is 5.69. The SMILES string of the molecule is CC(C)c1ncc(OCC=Cc2ccccc2)c(CN)n1. The normalized spacial score (nSPS) is 11.2. The third-order valence-corrected chi connectivity index (χ3v) is 3.00. The van der Waals surface area contributed by atoms with Crippen LogP contribution in [0.4, 0.5) is 0 Å².